The van der Waals surface area contributed by atoms with Crippen molar-refractivity contribution in [3.63, 3.8) is 0 Å². The quantitative estimate of drug-likeness (QED) is 0.407. The molecule has 0 bridgehead atoms. The number of thioether (sulfide) groups is 1. The molecule has 0 fully saturated rings. The lowest BCUT2D eigenvalue weighted by Gasteiger charge is -2.06. The van der Waals surface area contributed by atoms with E-state index in [1.165, 1.54) is 35.2 Å². The number of hydrogen-bond acceptors (Lipinski definition) is 3. The second-order valence-corrected chi connectivity index (χ2v) is 7.72. The van der Waals surface area contributed by atoms with Gasteiger partial charge in [0.05, 0.1) is 21.3 Å². The molecular formula is C17H10Cl2F3NS2. The Morgan fingerprint density at radius 3 is 2.44 bits per heavy atom. The maximum atomic E-state index is 12.6. The topological polar surface area (TPSA) is 12.9 Å². The zero-order valence-corrected chi connectivity index (χ0v) is 15.6. The van der Waals surface area contributed by atoms with Crippen LogP contribution in [0.5, 0.6) is 0 Å². The summed E-state index contributed by atoms with van der Waals surface area (Å²) in [6, 6.07) is 10.4. The lowest BCUT2D eigenvalue weighted by molar-refractivity contribution is -0.137. The van der Waals surface area contributed by atoms with Crippen LogP contribution in [0.1, 0.15) is 11.3 Å². The first-order valence-corrected chi connectivity index (χ1v) is 9.65. The SMILES string of the molecule is FC(F)(F)c1ccc(-c2nc(CSc3cccc(Cl)c3Cl)cs2)cc1. The van der Waals surface area contributed by atoms with Crippen molar-refractivity contribution < 1.29 is 13.2 Å². The molecule has 0 spiro atoms. The molecule has 1 nitrogen and oxygen atoms in total. The summed E-state index contributed by atoms with van der Waals surface area (Å²) >= 11 is 15.0. The number of nitrogens with zero attached hydrogens (tertiary/aromatic N) is 1. The Bertz CT molecular complexity index is 876. The molecule has 0 N–H and O–H groups in total. The number of aromatic nitrogens is 1. The van der Waals surface area contributed by atoms with Gasteiger partial charge in [-0.1, -0.05) is 41.4 Å². The van der Waals surface area contributed by atoms with Gasteiger partial charge >= 0.3 is 6.18 Å². The number of rotatable bonds is 4. The van der Waals surface area contributed by atoms with Crippen LogP contribution in [0.25, 0.3) is 10.6 Å². The molecule has 3 rings (SSSR count). The van der Waals surface area contributed by atoms with Crippen LogP contribution in [0.4, 0.5) is 13.2 Å². The monoisotopic (exact) mass is 419 g/mol. The van der Waals surface area contributed by atoms with Crippen LogP contribution in [-0.2, 0) is 11.9 Å². The average molecular weight is 420 g/mol. The van der Waals surface area contributed by atoms with Gasteiger partial charge in [0.1, 0.15) is 5.01 Å². The van der Waals surface area contributed by atoms with E-state index in [9.17, 15) is 13.2 Å². The molecule has 0 saturated heterocycles. The molecule has 0 aliphatic rings. The van der Waals surface area contributed by atoms with E-state index in [1.54, 1.807) is 6.07 Å². The van der Waals surface area contributed by atoms with Gasteiger partial charge in [0.2, 0.25) is 0 Å². The van der Waals surface area contributed by atoms with Gasteiger partial charge in [-0.2, -0.15) is 13.2 Å². The van der Waals surface area contributed by atoms with E-state index in [0.717, 1.165) is 22.7 Å². The number of benzene rings is 2. The van der Waals surface area contributed by atoms with Gasteiger partial charge in [-0.3, -0.25) is 0 Å². The molecule has 25 heavy (non-hydrogen) atoms. The highest BCUT2D eigenvalue weighted by Crippen LogP contribution is 2.36. The van der Waals surface area contributed by atoms with Crippen molar-refractivity contribution in [2.24, 2.45) is 0 Å². The molecule has 130 valence electrons. The third-order valence-electron chi connectivity index (χ3n) is 3.30. The fraction of sp³-hybridized carbons (Fsp3) is 0.118. The molecular weight excluding hydrogens is 410 g/mol. The molecule has 0 atom stereocenters. The van der Waals surface area contributed by atoms with Crippen molar-refractivity contribution in [2.75, 3.05) is 0 Å². The summed E-state index contributed by atoms with van der Waals surface area (Å²) in [7, 11) is 0. The van der Waals surface area contributed by atoms with Crippen molar-refractivity contribution in [1.82, 2.24) is 4.98 Å². The molecule has 3 aromatic rings. The zero-order chi connectivity index (χ0) is 18.0. The van der Waals surface area contributed by atoms with Crippen molar-refractivity contribution in [3.05, 3.63) is 69.1 Å². The summed E-state index contributed by atoms with van der Waals surface area (Å²) < 4.78 is 37.8. The van der Waals surface area contributed by atoms with Crippen molar-refractivity contribution in [3.8, 4) is 10.6 Å². The van der Waals surface area contributed by atoms with Gasteiger partial charge in [-0.15, -0.1) is 23.1 Å². The maximum absolute atomic E-state index is 12.6. The van der Waals surface area contributed by atoms with E-state index in [2.05, 4.69) is 4.98 Å². The largest absolute Gasteiger partial charge is 0.416 e. The Morgan fingerprint density at radius 1 is 1.04 bits per heavy atom. The Morgan fingerprint density at radius 2 is 1.76 bits per heavy atom. The van der Waals surface area contributed by atoms with E-state index in [-0.39, 0.29) is 0 Å². The summed E-state index contributed by atoms with van der Waals surface area (Å²) in [5.41, 5.74) is 0.829. The molecule has 2 aromatic carbocycles. The predicted molar refractivity (Wildman–Crippen MR) is 98.6 cm³/mol. The standard InChI is InChI=1S/C17H10Cl2F3NS2/c18-13-2-1-3-14(15(13)19)24-8-12-9-25-16(23-12)10-4-6-11(7-5-10)17(20,21)22/h1-7,9H,8H2. The highest BCUT2D eigenvalue weighted by molar-refractivity contribution is 7.98. The third-order valence-corrected chi connectivity index (χ3v) is 6.27. The van der Waals surface area contributed by atoms with E-state index in [0.29, 0.717) is 26.4 Å². The zero-order valence-electron chi connectivity index (χ0n) is 12.5. The van der Waals surface area contributed by atoms with E-state index >= 15 is 0 Å². The summed E-state index contributed by atoms with van der Waals surface area (Å²) in [5, 5.41) is 3.57. The molecule has 0 aliphatic carbocycles. The molecule has 0 aliphatic heterocycles. The molecule has 1 heterocycles. The van der Waals surface area contributed by atoms with Crippen molar-refractivity contribution >= 4 is 46.3 Å². The van der Waals surface area contributed by atoms with E-state index < -0.39 is 11.7 Å². The molecule has 0 unspecified atom stereocenters. The number of thiazole rings is 1. The maximum Gasteiger partial charge on any atom is 0.416 e. The summed E-state index contributed by atoms with van der Waals surface area (Å²) in [6.45, 7) is 0. The number of hydrogen-bond donors (Lipinski definition) is 0. The van der Waals surface area contributed by atoms with Crippen molar-refractivity contribution in [2.45, 2.75) is 16.8 Å². The fourth-order valence-electron chi connectivity index (χ4n) is 2.05. The smallest absolute Gasteiger partial charge is 0.240 e. The number of alkyl halides is 3. The lowest BCUT2D eigenvalue weighted by Crippen LogP contribution is -2.03. The Hall–Kier alpha value is -1.21. The predicted octanol–water partition coefficient (Wildman–Crippen LogP) is 7.43. The summed E-state index contributed by atoms with van der Waals surface area (Å²) in [4.78, 5) is 5.34. The number of halogens is 5. The fourth-order valence-corrected chi connectivity index (χ4v) is 4.37. The van der Waals surface area contributed by atoms with Gasteiger partial charge in [-0.05, 0) is 24.3 Å². The van der Waals surface area contributed by atoms with Gasteiger partial charge in [0, 0.05) is 21.6 Å². The summed E-state index contributed by atoms with van der Waals surface area (Å²) in [5.74, 6) is 0.594. The third kappa shape index (κ3) is 4.50. The normalized spacial score (nSPS) is 11.7. The highest BCUT2D eigenvalue weighted by Gasteiger charge is 2.30. The Kier molecular flexibility index (Phi) is 5.63. The molecule has 1 aromatic heterocycles. The van der Waals surface area contributed by atoms with Gasteiger partial charge in [0.15, 0.2) is 0 Å². The molecule has 0 saturated carbocycles. The minimum Gasteiger partial charge on any atom is -0.240 e. The second-order valence-electron chi connectivity index (χ2n) is 5.06. The molecule has 0 radical (unpaired) electrons. The van der Waals surface area contributed by atoms with Crippen molar-refractivity contribution in [1.29, 1.82) is 0 Å². The first kappa shape index (κ1) is 18.6. The first-order valence-electron chi connectivity index (χ1n) is 7.03. The van der Waals surface area contributed by atoms with Crippen LogP contribution in [0.15, 0.2) is 52.7 Å². The first-order chi connectivity index (χ1) is 11.8. The van der Waals surface area contributed by atoms with Crippen LogP contribution in [0.3, 0.4) is 0 Å². The van der Waals surface area contributed by atoms with Gasteiger partial charge in [-0.25, -0.2) is 4.98 Å². The Balaban J connectivity index is 1.71. The Labute approximate surface area is 160 Å². The highest BCUT2D eigenvalue weighted by atomic mass is 35.5. The van der Waals surface area contributed by atoms with E-state index in [4.69, 9.17) is 23.2 Å². The average Bonchev–Trinajstić information content (AvgIpc) is 3.04. The van der Waals surface area contributed by atoms with Gasteiger partial charge < -0.3 is 0 Å². The lowest BCUT2D eigenvalue weighted by atomic mass is 10.1. The van der Waals surface area contributed by atoms with Gasteiger partial charge in [0.25, 0.3) is 0 Å². The minimum atomic E-state index is -4.33. The van der Waals surface area contributed by atoms with Crippen LogP contribution >= 0.6 is 46.3 Å². The second kappa shape index (κ2) is 7.58. The van der Waals surface area contributed by atoms with Crippen LogP contribution in [0.2, 0.25) is 10.0 Å². The molecule has 0 amide bonds. The van der Waals surface area contributed by atoms with Crippen LogP contribution in [0, 0.1) is 0 Å². The van der Waals surface area contributed by atoms with E-state index in [1.807, 2.05) is 17.5 Å². The summed E-state index contributed by atoms with van der Waals surface area (Å²) in [6.07, 6.45) is -4.33. The minimum absolute atomic E-state index is 0.496. The van der Waals surface area contributed by atoms with Crippen LogP contribution in [-0.4, -0.2) is 4.98 Å². The molecule has 8 heteroatoms. The van der Waals surface area contributed by atoms with Crippen LogP contribution < -0.4 is 0 Å².